The Morgan fingerprint density at radius 3 is 2.29 bits per heavy atom. The van der Waals surface area contributed by atoms with Crippen molar-refractivity contribution < 1.29 is 13.2 Å². The van der Waals surface area contributed by atoms with Gasteiger partial charge in [0.1, 0.15) is 11.4 Å². The lowest BCUT2D eigenvalue weighted by Crippen LogP contribution is -2.40. The highest BCUT2D eigenvalue weighted by atomic mass is 32.2. The Hall–Kier alpha value is -3.30. The number of para-hydroxylation sites is 1. The number of amides is 1. The van der Waals surface area contributed by atoms with Crippen LogP contribution in [0.2, 0.25) is 0 Å². The second kappa shape index (κ2) is 8.83. The molecule has 0 aliphatic heterocycles. The quantitative estimate of drug-likeness (QED) is 0.612. The Morgan fingerprint density at radius 1 is 0.968 bits per heavy atom. The molecule has 0 aliphatic carbocycles. The Labute approximate surface area is 181 Å². The average Bonchev–Trinajstić information content (AvgIpc) is 2.69. The summed E-state index contributed by atoms with van der Waals surface area (Å²) in [5.74, 6) is -0.571. The van der Waals surface area contributed by atoms with E-state index >= 15 is 0 Å². The standard InChI is InChI=1S/C22H24N4O4S/c1-22(2,3)25-31(29,30)19-12-8-7-11-18(19)23-20(27)15-26-21(28)14-13-17(24-26)16-9-5-4-6-10-16/h4-14,25H,15H2,1-3H3,(H,23,27). The fraction of sp³-hybridized carbons (Fsp3) is 0.227. The number of anilines is 1. The molecule has 0 saturated carbocycles. The molecule has 1 amide bonds. The Balaban J connectivity index is 1.84. The van der Waals surface area contributed by atoms with Crippen LogP contribution in [-0.2, 0) is 21.4 Å². The number of nitrogens with zero attached hydrogens (tertiary/aromatic N) is 2. The molecule has 1 heterocycles. The van der Waals surface area contributed by atoms with Crippen LogP contribution in [0, 0.1) is 0 Å². The minimum atomic E-state index is -3.87. The second-order valence-corrected chi connectivity index (χ2v) is 9.63. The lowest BCUT2D eigenvalue weighted by molar-refractivity contribution is -0.117. The van der Waals surface area contributed by atoms with Gasteiger partial charge >= 0.3 is 0 Å². The molecule has 0 bridgehead atoms. The normalized spacial score (nSPS) is 11.8. The molecule has 2 aromatic carbocycles. The highest BCUT2D eigenvalue weighted by Gasteiger charge is 2.25. The molecule has 162 valence electrons. The van der Waals surface area contributed by atoms with Gasteiger partial charge in [0.25, 0.3) is 5.56 Å². The number of aromatic nitrogens is 2. The number of carbonyl (C=O) groups excluding carboxylic acids is 1. The summed E-state index contributed by atoms with van der Waals surface area (Å²) in [7, 11) is -3.87. The minimum absolute atomic E-state index is 0.0587. The van der Waals surface area contributed by atoms with E-state index in [0.29, 0.717) is 5.69 Å². The van der Waals surface area contributed by atoms with Gasteiger partial charge in [0.15, 0.2) is 0 Å². The Kier molecular flexibility index (Phi) is 6.37. The largest absolute Gasteiger partial charge is 0.323 e. The third-order valence-corrected chi connectivity index (χ3v) is 5.94. The number of sulfonamides is 1. The number of benzene rings is 2. The van der Waals surface area contributed by atoms with Crippen LogP contribution >= 0.6 is 0 Å². The lowest BCUT2D eigenvalue weighted by Gasteiger charge is -2.21. The number of hydrogen-bond acceptors (Lipinski definition) is 5. The predicted octanol–water partition coefficient (Wildman–Crippen LogP) is 2.63. The van der Waals surface area contributed by atoms with E-state index in [1.807, 2.05) is 30.3 Å². The van der Waals surface area contributed by atoms with Gasteiger partial charge < -0.3 is 5.32 Å². The van der Waals surface area contributed by atoms with Gasteiger partial charge in [-0.05, 0) is 39.0 Å². The molecule has 0 fully saturated rings. The molecule has 3 aromatic rings. The van der Waals surface area contributed by atoms with Crippen molar-refractivity contribution in [2.45, 2.75) is 37.8 Å². The molecule has 0 aliphatic rings. The van der Waals surface area contributed by atoms with Gasteiger partial charge in [0.2, 0.25) is 15.9 Å². The van der Waals surface area contributed by atoms with Gasteiger partial charge in [-0.15, -0.1) is 0 Å². The molecule has 3 rings (SSSR count). The van der Waals surface area contributed by atoms with Crippen LogP contribution in [0.15, 0.2) is 76.4 Å². The SMILES string of the molecule is CC(C)(C)NS(=O)(=O)c1ccccc1NC(=O)Cn1nc(-c2ccccc2)ccc1=O. The molecule has 9 heteroatoms. The second-order valence-electron chi connectivity index (χ2n) is 7.98. The average molecular weight is 441 g/mol. The van der Waals surface area contributed by atoms with E-state index in [1.54, 1.807) is 39.0 Å². The zero-order valence-corrected chi connectivity index (χ0v) is 18.3. The third kappa shape index (κ3) is 5.87. The van der Waals surface area contributed by atoms with E-state index in [1.165, 1.54) is 18.2 Å². The molecule has 2 N–H and O–H groups in total. The fourth-order valence-electron chi connectivity index (χ4n) is 2.91. The van der Waals surface area contributed by atoms with Crippen molar-refractivity contribution in [3.8, 4) is 11.3 Å². The highest BCUT2D eigenvalue weighted by Crippen LogP contribution is 2.22. The number of carbonyl (C=O) groups is 1. The lowest BCUT2D eigenvalue weighted by atomic mass is 10.1. The molecular weight excluding hydrogens is 416 g/mol. The molecule has 0 saturated heterocycles. The first-order valence-corrected chi connectivity index (χ1v) is 11.1. The summed E-state index contributed by atoms with van der Waals surface area (Å²) in [6.45, 7) is 4.82. The number of nitrogens with one attached hydrogen (secondary N) is 2. The Morgan fingerprint density at radius 2 is 1.61 bits per heavy atom. The first-order valence-electron chi connectivity index (χ1n) is 9.62. The number of hydrogen-bond donors (Lipinski definition) is 2. The smallest absolute Gasteiger partial charge is 0.267 e. The van der Waals surface area contributed by atoms with E-state index < -0.39 is 27.0 Å². The third-order valence-electron chi connectivity index (χ3n) is 4.12. The van der Waals surface area contributed by atoms with E-state index in [-0.39, 0.29) is 17.1 Å². The van der Waals surface area contributed by atoms with Gasteiger partial charge in [-0.25, -0.2) is 17.8 Å². The van der Waals surface area contributed by atoms with Crippen molar-refractivity contribution in [2.75, 3.05) is 5.32 Å². The van der Waals surface area contributed by atoms with Crippen LogP contribution in [0.1, 0.15) is 20.8 Å². The first kappa shape index (κ1) is 22.4. The van der Waals surface area contributed by atoms with E-state index in [9.17, 15) is 18.0 Å². The molecular formula is C22H24N4O4S. The van der Waals surface area contributed by atoms with Crippen molar-refractivity contribution in [1.82, 2.24) is 14.5 Å². The van der Waals surface area contributed by atoms with Crippen molar-refractivity contribution in [3.63, 3.8) is 0 Å². The summed E-state index contributed by atoms with van der Waals surface area (Å²) >= 11 is 0. The van der Waals surface area contributed by atoms with Crippen LogP contribution in [0.5, 0.6) is 0 Å². The molecule has 0 spiro atoms. The predicted molar refractivity (Wildman–Crippen MR) is 119 cm³/mol. The number of rotatable bonds is 6. The molecule has 8 nitrogen and oxygen atoms in total. The van der Waals surface area contributed by atoms with E-state index in [0.717, 1.165) is 10.2 Å². The van der Waals surface area contributed by atoms with E-state index in [2.05, 4.69) is 15.1 Å². The summed E-state index contributed by atoms with van der Waals surface area (Å²) < 4.78 is 29.1. The minimum Gasteiger partial charge on any atom is -0.323 e. The Bertz CT molecular complexity index is 1250. The van der Waals surface area contributed by atoms with Crippen molar-refractivity contribution in [1.29, 1.82) is 0 Å². The molecule has 1 aromatic heterocycles. The first-order chi connectivity index (χ1) is 14.5. The van der Waals surface area contributed by atoms with E-state index in [4.69, 9.17) is 0 Å². The zero-order valence-electron chi connectivity index (χ0n) is 17.5. The van der Waals surface area contributed by atoms with Crippen LogP contribution in [-0.4, -0.2) is 29.6 Å². The molecule has 31 heavy (non-hydrogen) atoms. The van der Waals surface area contributed by atoms with Crippen LogP contribution in [0.3, 0.4) is 0 Å². The summed E-state index contributed by atoms with van der Waals surface area (Å²) in [6.07, 6.45) is 0. The van der Waals surface area contributed by atoms with Crippen molar-refractivity contribution in [3.05, 3.63) is 77.1 Å². The zero-order chi connectivity index (χ0) is 22.6. The highest BCUT2D eigenvalue weighted by molar-refractivity contribution is 7.89. The summed E-state index contributed by atoms with van der Waals surface area (Å²) in [4.78, 5) is 24.7. The topological polar surface area (TPSA) is 110 Å². The summed E-state index contributed by atoms with van der Waals surface area (Å²) in [5.41, 5.74) is 0.346. The van der Waals surface area contributed by atoms with Gasteiger partial charge in [-0.3, -0.25) is 9.59 Å². The van der Waals surface area contributed by atoms with Crippen LogP contribution in [0.4, 0.5) is 5.69 Å². The van der Waals surface area contributed by atoms with Gasteiger partial charge in [-0.1, -0.05) is 42.5 Å². The van der Waals surface area contributed by atoms with Crippen LogP contribution in [0.25, 0.3) is 11.3 Å². The molecule has 0 radical (unpaired) electrons. The van der Waals surface area contributed by atoms with Crippen molar-refractivity contribution in [2.24, 2.45) is 0 Å². The maximum atomic E-state index is 12.7. The monoisotopic (exact) mass is 440 g/mol. The van der Waals surface area contributed by atoms with Crippen LogP contribution < -0.4 is 15.6 Å². The van der Waals surface area contributed by atoms with Gasteiger partial charge in [0, 0.05) is 17.2 Å². The summed E-state index contributed by atoms with van der Waals surface area (Å²) in [5, 5.41) is 6.84. The molecule has 0 atom stereocenters. The van der Waals surface area contributed by atoms with Gasteiger partial charge in [0.05, 0.1) is 11.4 Å². The maximum Gasteiger partial charge on any atom is 0.267 e. The summed E-state index contributed by atoms with van der Waals surface area (Å²) in [6, 6.07) is 18.3. The fourth-order valence-corrected chi connectivity index (χ4v) is 4.50. The maximum absolute atomic E-state index is 12.7. The molecule has 0 unspecified atom stereocenters. The van der Waals surface area contributed by atoms with Gasteiger partial charge in [-0.2, -0.15) is 5.10 Å². The van der Waals surface area contributed by atoms with Crippen molar-refractivity contribution >= 4 is 21.6 Å².